The number of fused-ring (bicyclic) bond motifs is 1. The number of nitrogens with one attached hydrogen (secondary N) is 1. The van der Waals surface area contributed by atoms with Crippen LogP contribution in [0.15, 0.2) is 36.4 Å². The van der Waals surface area contributed by atoms with Crippen LogP contribution in [0.4, 0.5) is 14.5 Å². The molecule has 3 rings (SSSR count). The number of imide groups is 1. The van der Waals surface area contributed by atoms with Crippen LogP contribution in [-0.2, 0) is 0 Å². The van der Waals surface area contributed by atoms with Crippen LogP contribution in [0, 0.1) is 0 Å². The number of alkyl halides is 2. The number of nitrogens with zero attached hydrogens (tertiary/aromatic N) is 1. The van der Waals surface area contributed by atoms with Crippen LogP contribution in [0.3, 0.4) is 0 Å². The van der Waals surface area contributed by atoms with E-state index in [0.29, 0.717) is 5.69 Å². The Hall–Kier alpha value is -3.49. The van der Waals surface area contributed by atoms with Crippen LogP contribution in [0.1, 0.15) is 38.0 Å². The van der Waals surface area contributed by atoms with Crippen molar-refractivity contribution in [3.05, 3.63) is 53.1 Å². The Morgan fingerprint density at radius 1 is 1.07 bits per heavy atom. The number of amides is 3. The monoisotopic (exact) mass is 390 g/mol. The zero-order chi connectivity index (χ0) is 20.4. The van der Waals surface area contributed by atoms with Crippen molar-refractivity contribution in [2.75, 3.05) is 19.0 Å². The predicted molar refractivity (Wildman–Crippen MR) is 95.1 cm³/mol. The van der Waals surface area contributed by atoms with Crippen molar-refractivity contribution in [2.45, 2.75) is 13.5 Å². The maximum absolute atomic E-state index is 12.5. The van der Waals surface area contributed by atoms with Crippen molar-refractivity contribution in [1.29, 1.82) is 0 Å². The van der Waals surface area contributed by atoms with E-state index in [1.807, 2.05) is 0 Å². The minimum absolute atomic E-state index is 0.00630. The molecule has 0 unspecified atom stereocenters. The predicted octanol–water partition coefficient (Wildman–Crippen LogP) is 3.16. The molecular weight excluding hydrogens is 374 g/mol. The van der Waals surface area contributed by atoms with Gasteiger partial charge in [-0.25, -0.2) is 0 Å². The Morgan fingerprint density at radius 2 is 1.79 bits per heavy atom. The van der Waals surface area contributed by atoms with E-state index in [1.165, 1.54) is 43.4 Å². The molecule has 0 bridgehead atoms. The zero-order valence-electron chi connectivity index (χ0n) is 15.0. The van der Waals surface area contributed by atoms with Crippen molar-refractivity contribution < 1.29 is 32.6 Å². The normalized spacial score (nSPS) is 13.0. The highest BCUT2D eigenvalue weighted by Crippen LogP contribution is 2.30. The third-order valence-electron chi connectivity index (χ3n) is 4.07. The second-order valence-corrected chi connectivity index (χ2v) is 5.86. The van der Waals surface area contributed by atoms with Crippen LogP contribution in [-0.4, -0.2) is 42.9 Å². The highest BCUT2D eigenvalue weighted by molar-refractivity contribution is 6.21. The summed E-state index contributed by atoms with van der Waals surface area (Å²) in [5.41, 5.74) is 0.912. The molecule has 9 heteroatoms. The molecule has 1 aliphatic rings. The van der Waals surface area contributed by atoms with E-state index in [1.54, 1.807) is 6.92 Å². The smallest absolute Gasteiger partial charge is 0.387 e. The molecule has 28 heavy (non-hydrogen) atoms. The molecule has 2 aromatic rings. The number of carbonyl (C=O) groups is 3. The van der Waals surface area contributed by atoms with Gasteiger partial charge in [-0.1, -0.05) is 0 Å². The van der Waals surface area contributed by atoms with Gasteiger partial charge in [0.05, 0.1) is 17.7 Å². The summed E-state index contributed by atoms with van der Waals surface area (Å²) in [6.45, 7) is -1.17. The van der Waals surface area contributed by atoms with Gasteiger partial charge >= 0.3 is 6.61 Å². The minimum Gasteiger partial charge on any atom is -0.490 e. The van der Waals surface area contributed by atoms with E-state index in [0.717, 1.165) is 4.90 Å². The van der Waals surface area contributed by atoms with Gasteiger partial charge in [-0.05, 0) is 43.3 Å². The first kappa shape index (κ1) is 19.3. The number of hydrogen-bond acceptors (Lipinski definition) is 5. The average molecular weight is 390 g/mol. The first-order chi connectivity index (χ1) is 13.3. The third kappa shape index (κ3) is 3.64. The van der Waals surface area contributed by atoms with Gasteiger partial charge in [0.15, 0.2) is 11.5 Å². The van der Waals surface area contributed by atoms with E-state index in [2.05, 4.69) is 10.1 Å². The van der Waals surface area contributed by atoms with Gasteiger partial charge in [0.1, 0.15) is 0 Å². The first-order valence-corrected chi connectivity index (χ1v) is 8.31. The highest BCUT2D eigenvalue weighted by Gasteiger charge is 2.32. The van der Waals surface area contributed by atoms with Gasteiger partial charge < -0.3 is 14.8 Å². The number of ether oxygens (including phenoxy) is 2. The minimum atomic E-state index is -3.02. The van der Waals surface area contributed by atoms with Gasteiger partial charge in [0.25, 0.3) is 17.7 Å². The van der Waals surface area contributed by atoms with Crippen molar-refractivity contribution in [1.82, 2.24) is 4.90 Å². The lowest BCUT2D eigenvalue weighted by Crippen LogP contribution is -2.24. The second-order valence-electron chi connectivity index (χ2n) is 5.86. The van der Waals surface area contributed by atoms with Crippen LogP contribution in [0.2, 0.25) is 0 Å². The standard InChI is InChI=1S/C19H16F2N2O5/c1-3-27-15-8-10(4-7-14(15)28-19(20)21)16(24)22-11-5-6-12-13(9-11)18(26)23(2)17(12)25/h4-9,19H,3H2,1-2H3,(H,22,24). The fourth-order valence-electron chi connectivity index (χ4n) is 2.75. The maximum atomic E-state index is 12.5. The quantitative estimate of drug-likeness (QED) is 0.766. The Labute approximate surface area is 158 Å². The molecular formula is C19H16F2N2O5. The number of anilines is 1. The van der Waals surface area contributed by atoms with Crippen LogP contribution < -0.4 is 14.8 Å². The van der Waals surface area contributed by atoms with E-state index in [4.69, 9.17) is 4.74 Å². The fourth-order valence-corrected chi connectivity index (χ4v) is 2.75. The largest absolute Gasteiger partial charge is 0.490 e. The topological polar surface area (TPSA) is 84.9 Å². The molecule has 1 heterocycles. The summed E-state index contributed by atoms with van der Waals surface area (Å²) < 4.78 is 34.6. The fraction of sp³-hybridized carbons (Fsp3) is 0.211. The van der Waals surface area contributed by atoms with E-state index in [9.17, 15) is 23.2 Å². The number of halogens is 2. The highest BCUT2D eigenvalue weighted by atomic mass is 19.3. The molecule has 1 N–H and O–H groups in total. The molecule has 0 fully saturated rings. The molecule has 0 radical (unpaired) electrons. The summed E-state index contributed by atoms with van der Waals surface area (Å²) in [6, 6.07) is 8.18. The Balaban J connectivity index is 1.83. The SMILES string of the molecule is CCOc1cc(C(=O)Nc2ccc3c(c2)C(=O)N(C)C3=O)ccc1OC(F)F. The third-order valence-corrected chi connectivity index (χ3v) is 4.07. The summed E-state index contributed by atoms with van der Waals surface area (Å²) in [7, 11) is 1.38. The van der Waals surface area contributed by atoms with Gasteiger partial charge in [-0.3, -0.25) is 19.3 Å². The Bertz CT molecular complexity index is 961. The van der Waals surface area contributed by atoms with Gasteiger partial charge in [-0.15, -0.1) is 0 Å². The summed E-state index contributed by atoms with van der Waals surface area (Å²) >= 11 is 0. The molecule has 7 nitrogen and oxygen atoms in total. The lowest BCUT2D eigenvalue weighted by atomic mass is 10.1. The van der Waals surface area contributed by atoms with E-state index in [-0.39, 0.29) is 34.8 Å². The lowest BCUT2D eigenvalue weighted by Gasteiger charge is -2.13. The van der Waals surface area contributed by atoms with Crippen molar-refractivity contribution in [2.24, 2.45) is 0 Å². The molecule has 0 aliphatic carbocycles. The molecule has 146 valence electrons. The van der Waals surface area contributed by atoms with Crippen LogP contribution in [0.5, 0.6) is 11.5 Å². The zero-order valence-corrected chi connectivity index (χ0v) is 15.0. The lowest BCUT2D eigenvalue weighted by molar-refractivity contribution is -0.0514. The molecule has 0 atom stereocenters. The number of carbonyl (C=O) groups excluding carboxylic acids is 3. The van der Waals surface area contributed by atoms with Gasteiger partial charge in [0.2, 0.25) is 0 Å². The molecule has 1 aliphatic heterocycles. The number of hydrogen-bond donors (Lipinski definition) is 1. The maximum Gasteiger partial charge on any atom is 0.387 e. The summed E-state index contributed by atoms with van der Waals surface area (Å²) in [5.74, 6) is -1.59. The Kier molecular flexibility index (Phi) is 5.25. The van der Waals surface area contributed by atoms with Crippen LogP contribution >= 0.6 is 0 Å². The van der Waals surface area contributed by atoms with Crippen molar-refractivity contribution in [3.8, 4) is 11.5 Å². The molecule has 0 saturated heterocycles. The van der Waals surface area contributed by atoms with Crippen molar-refractivity contribution in [3.63, 3.8) is 0 Å². The van der Waals surface area contributed by atoms with E-state index < -0.39 is 24.3 Å². The van der Waals surface area contributed by atoms with Gasteiger partial charge in [0, 0.05) is 18.3 Å². The first-order valence-electron chi connectivity index (χ1n) is 8.31. The molecule has 0 saturated carbocycles. The van der Waals surface area contributed by atoms with Gasteiger partial charge in [-0.2, -0.15) is 8.78 Å². The van der Waals surface area contributed by atoms with Crippen molar-refractivity contribution >= 4 is 23.4 Å². The summed E-state index contributed by atoms with van der Waals surface area (Å²) in [6.07, 6.45) is 0. The number of benzene rings is 2. The summed E-state index contributed by atoms with van der Waals surface area (Å²) in [4.78, 5) is 37.5. The average Bonchev–Trinajstić information content (AvgIpc) is 2.87. The molecule has 2 aromatic carbocycles. The second kappa shape index (κ2) is 7.63. The summed E-state index contributed by atoms with van der Waals surface area (Å²) in [5, 5.41) is 2.60. The molecule has 0 aromatic heterocycles. The van der Waals surface area contributed by atoms with E-state index >= 15 is 0 Å². The number of rotatable bonds is 6. The Morgan fingerprint density at radius 3 is 2.46 bits per heavy atom. The van der Waals surface area contributed by atoms with Crippen LogP contribution in [0.25, 0.3) is 0 Å². The molecule has 3 amide bonds. The molecule has 0 spiro atoms.